The largest absolute Gasteiger partial charge is 0.496 e. The number of nitrogens with two attached hydrogens (primary N) is 1. The van der Waals surface area contributed by atoms with Crippen LogP contribution in [0.4, 0.5) is 5.69 Å². The number of methoxy groups -OCH3 is 1. The maximum atomic E-state index is 6.52. The molecule has 3 aromatic rings. The lowest BCUT2D eigenvalue weighted by atomic mass is 9.96. The smallest absolute Gasteiger partial charge is 0.122 e. The van der Waals surface area contributed by atoms with Gasteiger partial charge in [-0.25, -0.2) is 0 Å². The van der Waals surface area contributed by atoms with E-state index in [0.717, 1.165) is 30.7 Å². The Labute approximate surface area is 142 Å². The lowest BCUT2D eigenvalue weighted by molar-refractivity contribution is 0.409. The zero-order chi connectivity index (χ0) is 16.5. The SMILES string of the molecule is COc1ccccc1CCc1ccc2c(c1N)Cc1ccccc1-2. The third-order valence-electron chi connectivity index (χ3n) is 4.98. The molecule has 24 heavy (non-hydrogen) atoms. The van der Waals surface area contributed by atoms with Crippen molar-refractivity contribution in [2.24, 2.45) is 0 Å². The molecule has 1 aliphatic carbocycles. The van der Waals surface area contributed by atoms with Crippen LogP contribution in [0.5, 0.6) is 5.75 Å². The molecule has 0 radical (unpaired) electrons. The van der Waals surface area contributed by atoms with Crippen LogP contribution in [-0.2, 0) is 19.3 Å². The average Bonchev–Trinajstić information content (AvgIpc) is 3.01. The van der Waals surface area contributed by atoms with E-state index in [0.29, 0.717) is 0 Å². The summed E-state index contributed by atoms with van der Waals surface area (Å²) in [5.41, 5.74) is 15.2. The molecular formula is C22H21NO. The predicted octanol–water partition coefficient (Wildman–Crippen LogP) is 4.63. The second-order valence-electron chi connectivity index (χ2n) is 6.31. The molecular weight excluding hydrogens is 294 g/mol. The highest BCUT2D eigenvalue weighted by Gasteiger charge is 2.21. The van der Waals surface area contributed by atoms with Crippen molar-refractivity contribution in [2.45, 2.75) is 19.3 Å². The van der Waals surface area contributed by atoms with Crippen LogP contribution in [0.25, 0.3) is 11.1 Å². The fourth-order valence-corrected chi connectivity index (χ4v) is 3.68. The number of rotatable bonds is 4. The average molecular weight is 315 g/mol. The first-order valence-corrected chi connectivity index (χ1v) is 8.38. The standard InChI is InChI=1S/C22H21NO/c1-24-21-9-5-3-6-15(21)10-11-16-12-13-19-18-8-4-2-7-17(18)14-20(19)22(16)23/h2-9,12-13H,10-11,14,23H2,1H3. The molecule has 0 bridgehead atoms. The zero-order valence-corrected chi connectivity index (χ0v) is 13.9. The summed E-state index contributed by atoms with van der Waals surface area (Å²) in [5.74, 6) is 0.949. The molecule has 0 atom stereocenters. The number of benzene rings is 3. The summed E-state index contributed by atoms with van der Waals surface area (Å²) in [6, 6.07) is 21.2. The van der Waals surface area contributed by atoms with Crippen molar-refractivity contribution >= 4 is 5.69 Å². The van der Waals surface area contributed by atoms with Crippen LogP contribution in [0.15, 0.2) is 60.7 Å². The van der Waals surface area contributed by atoms with Crippen molar-refractivity contribution in [1.29, 1.82) is 0 Å². The van der Waals surface area contributed by atoms with Gasteiger partial charge in [-0.2, -0.15) is 0 Å². The molecule has 0 heterocycles. The highest BCUT2D eigenvalue weighted by molar-refractivity contribution is 5.82. The van der Waals surface area contributed by atoms with Gasteiger partial charge in [-0.05, 0) is 52.3 Å². The summed E-state index contributed by atoms with van der Waals surface area (Å²) in [4.78, 5) is 0. The van der Waals surface area contributed by atoms with Crippen molar-refractivity contribution in [3.63, 3.8) is 0 Å². The fraction of sp³-hybridized carbons (Fsp3) is 0.182. The van der Waals surface area contributed by atoms with E-state index in [1.54, 1.807) is 7.11 Å². The van der Waals surface area contributed by atoms with Gasteiger partial charge in [0.15, 0.2) is 0 Å². The normalized spacial score (nSPS) is 11.9. The van der Waals surface area contributed by atoms with Crippen molar-refractivity contribution in [1.82, 2.24) is 0 Å². The maximum absolute atomic E-state index is 6.52. The fourth-order valence-electron chi connectivity index (χ4n) is 3.68. The molecule has 0 saturated heterocycles. The number of para-hydroxylation sites is 1. The first kappa shape index (κ1) is 14.8. The lowest BCUT2D eigenvalue weighted by Crippen LogP contribution is -2.02. The molecule has 2 heteroatoms. The Morgan fingerprint density at radius 3 is 2.46 bits per heavy atom. The van der Waals surface area contributed by atoms with Crippen LogP contribution in [0.1, 0.15) is 22.3 Å². The molecule has 0 amide bonds. The molecule has 0 aliphatic heterocycles. The van der Waals surface area contributed by atoms with E-state index in [-0.39, 0.29) is 0 Å². The van der Waals surface area contributed by atoms with E-state index in [4.69, 9.17) is 10.5 Å². The van der Waals surface area contributed by atoms with Crippen molar-refractivity contribution in [3.05, 3.63) is 82.9 Å². The topological polar surface area (TPSA) is 35.2 Å². The van der Waals surface area contributed by atoms with Crippen LogP contribution in [0.3, 0.4) is 0 Å². The molecule has 120 valence electrons. The van der Waals surface area contributed by atoms with E-state index in [9.17, 15) is 0 Å². The van der Waals surface area contributed by atoms with E-state index in [2.05, 4.69) is 48.5 Å². The second-order valence-corrected chi connectivity index (χ2v) is 6.31. The minimum absolute atomic E-state index is 0.926. The Morgan fingerprint density at radius 1 is 0.833 bits per heavy atom. The van der Waals surface area contributed by atoms with Gasteiger partial charge in [-0.1, -0.05) is 54.6 Å². The third kappa shape index (κ3) is 2.44. The van der Waals surface area contributed by atoms with Crippen LogP contribution < -0.4 is 10.5 Å². The summed E-state index contributed by atoms with van der Waals surface area (Å²) in [7, 11) is 1.72. The number of anilines is 1. The molecule has 0 fully saturated rings. The molecule has 3 aromatic carbocycles. The highest BCUT2D eigenvalue weighted by Crippen LogP contribution is 2.40. The Kier molecular flexibility index (Phi) is 3.73. The summed E-state index contributed by atoms with van der Waals surface area (Å²) < 4.78 is 5.45. The highest BCUT2D eigenvalue weighted by atomic mass is 16.5. The Morgan fingerprint density at radius 2 is 1.58 bits per heavy atom. The third-order valence-corrected chi connectivity index (χ3v) is 4.98. The van der Waals surface area contributed by atoms with E-state index in [1.807, 2.05) is 12.1 Å². The Bertz CT molecular complexity index is 898. The summed E-state index contributed by atoms with van der Waals surface area (Å²) in [6.07, 6.45) is 2.80. The van der Waals surface area contributed by atoms with Gasteiger partial charge in [0.25, 0.3) is 0 Å². The molecule has 2 N–H and O–H groups in total. The quantitative estimate of drug-likeness (QED) is 0.557. The molecule has 4 rings (SSSR count). The molecule has 0 aromatic heterocycles. The number of hydrogen-bond acceptors (Lipinski definition) is 2. The Balaban J connectivity index is 1.61. The molecule has 1 aliphatic rings. The molecule has 0 spiro atoms. The van der Waals surface area contributed by atoms with Gasteiger partial charge < -0.3 is 10.5 Å². The van der Waals surface area contributed by atoms with Crippen LogP contribution in [0.2, 0.25) is 0 Å². The lowest BCUT2D eigenvalue weighted by Gasteiger charge is -2.12. The minimum atomic E-state index is 0.926. The monoisotopic (exact) mass is 315 g/mol. The van der Waals surface area contributed by atoms with Gasteiger partial charge in [0.2, 0.25) is 0 Å². The van der Waals surface area contributed by atoms with E-state index >= 15 is 0 Å². The summed E-state index contributed by atoms with van der Waals surface area (Å²) >= 11 is 0. The van der Waals surface area contributed by atoms with Crippen LogP contribution in [-0.4, -0.2) is 7.11 Å². The van der Waals surface area contributed by atoms with Crippen LogP contribution >= 0.6 is 0 Å². The second kappa shape index (κ2) is 6.04. The number of nitrogen functional groups attached to an aromatic ring is 1. The van der Waals surface area contributed by atoms with Crippen LogP contribution in [0, 0.1) is 0 Å². The number of fused-ring (bicyclic) bond motifs is 3. The van der Waals surface area contributed by atoms with E-state index < -0.39 is 0 Å². The molecule has 0 unspecified atom stereocenters. The number of aryl methyl sites for hydroxylation is 2. The van der Waals surface area contributed by atoms with E-state index in [1.165, 1.54) is 33.4 Å². The van der Waals surface area contributed by atoms with Gasteiger partial charge in [0, 0.05) is 12.1 Å². The van der Waals surface area contributed by atoms with Gasteiger partial charge in [0.1, 0.15) is 5.75 Å². The van der Waals surface area contributed by atoms with Gasteiger partial charge in [-0.3, -0.25) is 0 Å². The van der Waals surface area contributed by atoms with Crippen molar-refractivity contribution in [3.8, 4) is 16.9 Å². The zero-order valence-electron chi connectivity index (χ0n) is 13.9. The molecule has 2 nitrogen and oxygen atoms in total. The summed E-state index contributed by atoms with van der Waals surface area (Å²) in [6.45, 7) is 0. The Hall–Kier alpha value is -2.74. The maximum Gasteiger partial charge on any atom is 0.122 e. The first-order valence-electron chi connectivity index (χ1n) is 8.38. The molecule has 0 saturated carbocycles. The predicted molar refractivity (Wildman–Crippen MR) is 99.5 cm³/mol. The van der Waals surface area contributed by atoms with Crippen molar-refractivity contribution in [2.75, 3.05) is 12.8 Å². The number of hydrogen-bond donors (Lipinski definition) is 1. The van der Waals surface area contributed by atoms with Gasteiger partial charge in [0.05, 0.1) is 7.11 Å². The summed E-state index contributed by atoms with van der Waals surface area (Å²) in [5, 5.41) is 0. The van der Waals surface area contributed by atoms with Gasteiger partial charge in [-0.15, -0.1) is 0 Å². The van der Waals surface area contributed by atoms with Gasteiger partial charge >= 0.3 is 0 Å². The first-order chi connectivity index (χ1) is 11.8. The number of ether oxygens (including phenoxy) is 1. The van der Waals surface area contributed by atoms with Crippen molar-refractivity contribution < 1.29 is 4.74 Å². The minimum Gasteiger partial charge on any atom is -0.496 e.